The van der Waals surface area contributed by atoms with Gasteiger partial charge in [0.2, 0.25) is 5.91 Å². The van der Waals surface area contributed by atoms with Gasteiger partial charge in [-0.2, -0.15) is 0 Å². The summed E-state index contributed by atoms with van der Waals surface area (Å²) in [6.45, 7) is 0.357. The van der Waals surface area contributed by atoms with Crippen LogP contribution in [0.15, 0.2) is 12.5 Å². The summed E-state index contributed by atoms with van der Waals surface area (Å²) < 4.78 is 1.51. The summed E-state index contributed by atoms with van der Waals surface area (Å²) in [5.74, 6) is -1.51. The van der Waals surface area contributed by atoms with Gasteiger partial charge in [0.05, 0.1) is 6.33 Å². The molecule has 0 aliphatic rings. The smallest absolute Gasteiger partial charge is 0.356 e. The molecule has 13 heavy (non-hydrogen) atoms. The molecule has 0 atom stereocenters. The maximum atomic E-state index is 10.4. The Bertz CT molecular complexity index is 331. The third kappa shape index (κ3) is 2.58. The van der Waals surface area contributed by atoms with Gasteiger partial charge in [0, 0.05) is 19.2 Å². The number of carboxylic acid groups (broad SMARTS) is 1. The van der Waals surface area contributed by atoms with Crippen LogP contribution in [0.25, 0.3) is 0 Å². The van der Waals surface area contributed by atoms with Gasteiger partial charge in [-0.05, 0) is 0 Å². The Morgan fingerprint density at radius 2 is 2.31 bits per heavy atom. The van der Waals surface area contributed by atoms with Gasteiger partial charge in [0.15, 0.2) is 5.69 Å². The minimum Gasteiger partial charge on any atom is -0.476 e. The first-order chi connectivity index (χ1) is 6.09. The number of amides is 1. The lowest BCUT2D eigenvalue weighted by Gasteiger charge is -1.96. The molecule has 0 radical (unpaired) electrons. The highest BCUT2D eigenvalue weighted by Crippen LogP contribution is 1.97. The van der Waals surface area contributed by atoms with Crippen LogP contribution < -0.4 is 5.73 Å². The lowest BCUT2D eigenvalue weighted by molar-refractivity contribution is -0.118. The Kier molecular flexibility index (Phi) is 2.63. The van der Waals surface area contributed by atoms with Gasteiger partial charge in [-0.25, -0.2) is 9.78 Å². The van der Waals surface area contributed by atoms with Gasteiger partial charge >= 0.3 is 5.97 Å². The van der Waals surface area contributed by atoms with E-state index in [1.807, 2.05) is 0 Å². The van der Waals surface area contributed by atoms with Crippen LogP contribution in [0, 0.1) is 0 Å². The minimum atomic E-state index is -1.09. The fourth-order valence-electron chi connectivity index (χ4n) is 0.832. The molecule has 0 saturated heterocycles. The van der Waals surface area contributed by atoms with E-state index in [9.17, 15) is 9.59 Å². The normalized spacial score (nSPS) is 9.85. The maximum Gasteiger partial charge on any atom is 0.356 e. The molecule has 3 N–H and O–H groups in total. The lowest BCUT2D eigenvalue weighted by atomic mass is 10.4. The summed E-state index contributed by atoms with van der Waals surface area (Å²) in [5.41, 5.74) is 4.88. The fourth-order valence-corrected chi connectivity index (χ4v) is 0.832. The Morgan fingerprint density at radius 3 is 2.77 bits per heavy atom. The number of nitrogens with zero attached hydrogens (tertiary/aromatic N) is 2. The average Bonchev–Trinajstić information content (AvgIpc) is 2.48. The molecular weight excluding hydrogens is 174 g/mol. The predicted molar refractivity (Wildman–Crippen MR) is 43.0 cm³/mol. The summed E-state index contributed by atoms with van der Waals surface area (Å²) in [6, 6.07) is 0. The number of carbonyl (C=O) groups is 2. The molecule has 1 heterocycles. The number of primary amides is 1. The maximum absolute atomic E-state index is 10.4. The molecule has 0 bridgehead atoms. The van der Waals surface area contributed by atoms with Crippen molar-refractivity contribution in [2.75, 3.05) is 0 Å². The molecule has 0 aromatic carbocycles. The molecular formula is C7H9N3O3. The summed E-state index contributed by atoms with van der Waals surface area (Å²) in [7, 11) is 0. The number of aromatic carboxylic acids is 1. The van der Waals surface area contributed by atoms with E-state index in [0.29, 0.717) is 6.54 Å². The van der Waals surface area contributed by atoms with Crippen LogP contribution in [0.3, 0.4) is 0 Å². The molecule has 1 aromatic rings. The number of carboxylic acids is 1. The van der Waals surface area contributed by atoms with Crippen molar-refractivity contribution in [3.63, 3.8) is 0 Å². The van der Waals surface area contributed by atoms with Gasteiger partial charge in [-0.3, -0.25) is 4.79 Å². The molecule has 1 amide bonds. The Morgan fingerprint density at radius 1 is 1.62 bits per heavy atom. The summed E-state index contributed by atoms with van der Waals surface area (Å²) >= 11 is 0. The van der Waals surface area contributed by atoms with Gasteiger partial charge in [-0.15, -0.1) is 0 Å². The van der Waals surface area contributed by atoms with Crippen LogP contribution in [-0.4, -0.2) is 26.5 Å². The molecule has 1 aromatic heterocycles. The SMILES string of the molecule is NC(=O)CCn1cnc(C(=O)O)c1. The highest BCUT2D eigenvalue weighted by atomic mass is 16.4. The third-order valence-electron chi connectivity index (χ3n) is 1.47. The van der Waals surface area contributed by atoms with Crippen LogP contribution in [0.1, 0.15) is 16.9 Å². The van der Waals surface area contributed by atoms with Crippen molar-refractivity contribution < 1.29 is 14.7 Å². The van der Waals surface area contributed by atoms with Crippen LogP contribution in [0.2, 0.25) is 0 Å². The number of carbonyl (C=O) groups excluding carboxylic acids is 1. The summed E-state index contributed by atoms with van der Waals surface area (Å²) in [6.07, 6.45) is 2.88. The minimum absolute atomic E-state index is 0.0375. The summed E-state index contributed by atoms with van der Waals surface area (Å²) in [4.78, 5) is 24.4. The van der Waals surface area contributed by atoms with Crippen molar-refractivity contribution in [1.82, 2.24) is 9.55 Å². The van der Waals surface area contributed by atoms with Gasteiger partial charge < -0.3 is 15.4 Å². The Hall–Kier alpha value is -1.85. The lowest BCUT2D eigenvalue weighted by Crippen LogP contribution is -2.13. The molecule has 0 saturated carbocycles. The molecule has 0 unspecified atom stereocenters. The second kappa shape index (κ2) is 3.70. The van der Waals surface area contributed by atoms with Crippen LogP contribution in [0.4, 0.5) is 0 Å². The fraction of sp³-hybridized carbons (Fsp3) is 0.286. The zero-order chi connectivity index (χ0) is 9.84. The van der Waals surface area contributed by atoms with E-state index in [4.69, 9.17) is 10.8 Å². The molecule has 6 heteroatoms. The first-order valence-electron chi connectivity index (χ1n) is 3.63. The number of rotatable bonds is 4. The number of hydrogen-bond acceptors (Lipinski definition) is 3. The van der Waals surface area contributed by atoms with Gasteiger partial charge in [0.25, 0.3) is 0 Å². The van der Waals surface area contributed by atoms with E-state index in [0.717, 1.165) is 0 Å². The topological polar surface area (TPSA) is 98.2 Å². The second-order valence-electron chi connectivity index (χ2n) is 2.52. The molecule has 0 aliphatic carbocycles. The molecule has 0 fully saturated rings. The summed E-state index contributed by atoms with van der Waals surface area (Å²) in [5, 5.41) is 8.51. The van der Waals surface area contributed by atoms with Crippen molar-refractivity contribution in [2.24, 2.45) is 5.73 Å². The number of aryl methyl sites for hydroxylation is 1. The van der Waals surface area contributed by atoms with Gasteiger partial charge in [-0.1, -0.05) is 0 Å². The Labute approximate surface area is 74.0 Å². The van der Waals surface area contributed by atoms with Crippen molar-refractivity contribution in [3.05, 3.63) is 18.2 Å². The van der Waals surface area contributed by atoms with Crippen LogP contribution in [0.5, 0.6) is 0 Å². The number of aromatic nitrogens is 2. The first kappa shape index (κ1) is 9.24. The van der Waals surface area contributed by atoms with Crippen molar-refractivity contribution in [2.45, 2.75) is 13.0 Å². The largest absolute Gasteiger partial charge is 0.476 e. The third-order valence-corrected chi connectivity index (χ3v) is 1.47. The van der Waals surface area contributed by atoms with E-state index < -0.39 is 11.9 Å². The first-order valence-corrected chi connectivity index (χ1v) is 3.63. The Balaban J connectivity index is 2.59. The zero-order valence-corrected chi connectivity index (χ0v) is 6.80. The molecule has 6 nitrogen and oxygen atoms in total. The molecule has 0 spiro atoms. The van der Waals surface area contributed by atoms with Crippen molar-refractivity contribution in [3.8, 4) is 0 Å². The average molecular weight is 183 g/mol. The van der Waals surface area contributed by atoms with E-state index in [-0.39, 0.29) is 12.1 Å². The highest BCUT2D eigenvalue weighted by Gasteiger charge is 2.06. The second-order valence-corrected chi connectivity index (χ2v) is 2.52. The number of nitrogens with two attached hydrogens (primary N) is 1. The van der Waals surface area contributed by atoms with E-state index >= 15 is 0 Å². The molecule has 70 valence electrons. The standard InChI is InChI=1S/C7H9N3O3/c8-6(11)1-2-10-3-5(7(12)13)9-4-10/h3-4H,1-2H2,(H2,8,11)(H,12,13). The van der Waals surface area contributed by atoms with Crippen molar-refractivity contribution >= 4 is 11.9 Å². The zero-order valence-electron chi connectivity index (χ0n) is 6.80. The molecule has 0 aliphatic heterocycles. The van der Waals surface area contributed by atoms with Gasteiger partial charge in [0.1, 0.15) is 0 Å². The van der Waals surface area contributed by atoms with E-state index in [2.05, 4.69) is 4.98 Å². The van der Waals surface area contributed by atoms with E-state index in [1.54, 1.807) is 0 Å². The predicted octanol–water partition coefficient (Wildman–Crippen LogP) is -0.543. The van der Waals surface area contributed by atoms with Crippen LogP contribution in [-0.2, 0) is 11.3 Å². The van der Waals surface area contributed by atoms with Crippen molar-refractivity contribution in [1.29, 1.82) is 0 Å². The molecule has 1 rings (SSSR count). The number of hydrogen-bond donors (Lipinski definition) is 2. The quantitative estimate of drug-likeness (QED) is 0.654. The highest BCUT2D eigenvalue weighted by molar-refractivity contribution is 5.84. The number of imidazole rings is 1. The van der Waals surface area contributed by atoms with E-state index in [1.165, 1.54) is 17.1 Å². The monoisotopic (exact) mass is 183 g/mol. The van der Waals surface area contributed by atoms with Crippen LogP contribution >= 0.6 is 0 Å².